The van der Waals surface area contributed by atoms with Gasteiger partial charge in [-0.1, -0.05) is 44.2 Å². The fraction of sp³-hybridized carbons (Fsp3) is 0.438. The molecule has 3 N–H and O–H groups in total. The normalized spacial score (nSPS) is 17.3. The van der Waals surface area contributed by atoms with Crippen molar-refractivity contribution in [3.05, 3.63) is 64.2 Å². The van der Waals surface area contributed by atoms with Gasteiger partial charge in [-0.15, -0.1) is 11.3 Å². The van der Waals surface area contributed by atoms with Crippen molar-refractivity contribution in [2.45, 2.75) is 78.1 Å². The van der Waals surface area contributed by atoms with Crippen LogP contribution in [0.3, 0.4) is 0 Å². The number of carbonyl (C=O) groups is 4. The van der Waals surface area contributed by atoms with Crippen LogP contribution in [0.2, 0.25) is 0 Å². The number of amides is 3. The molecule has 2 aromatic heterocycles. The zero-order valence-electron chi connectivity index (χ0n) is 25.7. The van der Waals surface area contributed by atoms with Gasteiger partial charge in [-0.2, -0.15) is 0 Å². The van der Waals surface area contributed by atoms with Gasteiger partial charge in [0.1, 0.15) is 24.2 Å². The van der Waals surface area contributed by atoms with Crippen molar-refractivity contribution in [2.75, 3.05) is 6.54 Å². The quantitative estimate of drug-likeness (QED) is 0.276. The first-order chi connectivity index (χ1) is 21.0. The molecule has 44 heavy (non-hydrogen) atoms. The maximum atomic E-state index is 13.8. The van der Waals surface area contributed by atoms with E-state index >= 15 is 0 Å². The number of hydrazine groups is 1. The Balaban J connectivity index is 1.44. The molecule has 1 saturated heterocycles. The van der Waals surface area contributed by atoms with Crippen LogP contribution < -0.4 is 16.1 Å². The first-order valence-corrected chi connectivity index (χ1v) is 15.8. The Morgan fingerprint density at radius 1 is 1.16 bits per heavy atom. The predicted molar refractivity (Wildman–Crippen MR) is 169 cm³/mol. The monoisotopic (exact) mass is 620 g/mol. The Morgan fingerprint density at radius 3 is 2.61 bits per heavy atom. The topological polar surface area (TPSA) is 143 Å². The van der Waals surface area contributed by atoms with Gasteiger partial charge >= 0.3 is 5.97 Å². The van der Waals surface area contributed by atoms with E-state index in [-0.39, 0.29) is 18.2 Å². The number of pyridine rings is 1. The van der Waals surface area contributed by atoms with Crippen molar-refractivity contribution in [1.82, 2.24) is 31.0 Å². The molecule has 0 saturated carbocycles. The summed E-state index contributed by atoms with van der Waals surface area (Å²) in [6.45, 7) is 9.05. The first kappa shape index (κ1) is 32.7. The average molecular weight is 621 g/mol. The number of aromatic nitrogens is 2. The molecule has 3 aromatic rings. The van der Waals surface area contributed by atoms with Crippen molar-refractivity contribution >= 4 is 52.0 Å². The number of rotatable bonds is 11. The summed E-state index contributed by atoms with van der Waals surface area (Å²) in [6.07, 6.45) is 4.55. The summed E-state index contributed by atoms with van der Waals surface area (Å²) in [4.78, 5) is 60.9. The lowest BCUT2D eigenvalue weighted by Crippen LogP contribution is -2.62. The molecule has 3 heterocycles. The number of ether oxygens (including phenoxy) is 1. The second-order valence-corrected chi connectivity index (χ2v) is 12.0. The van der Waals surface area contributed by atoms with Crippen LogP contribution in [0.25, 0.3) is 17.0 Å². The molecular weight excluding hydrogens is 580 g/mol. The Bertz CT molecular complexity index is 1510. The average Bonchev–Trinajstić information content (AvgIpc) is 3.52. The van der Waals surface area contributed by atoms with Gasteiger partial charge < -0.3 is 15.4 Å². The van der Waals surface area contributed by atoms with Crippen LogP contribution in [-0.4, -0.2) is 63.3 Å². The number of benzene rings is 1. The van der Waals surface area contributed by atoms with Crippen LogP contribution in [0.5, 0.6) is 0 Å². The lowest BCUT2D eigenvalue weighted by molar-refractivity contribution is -0.157. The van der Waals surface area contributed by atoms with E-state index in [1.807, 2.05) is 68.6 Å². The summed E-state index contributed by atoms with van der Waals surface area (Å²) < 4.78 is 5.80. The number of nitrogens with one attached hydrogen (secondary N) is 3. The number of hydrogen-bond donors (Lipinski definition) is 3. The zero-order chi connectivity index (χ0) is 31.8. The van der Waals surface area contributed by atoms with Gasteiger partial charge in [-0.25, -0.2) is 15.4 Å². The van der Waals surface area contributed by atoms with Crippen molar-refractivity contribution in [2.24, 2.45) is 5.92 Å². The van der Waals surface area contributed by atoms with E-state index in [1.54, 1.807) is 12.4 Å². The van der Waals surface area contributed by atoms with Gasteiger partial charge in [0, 0.05) is 30.7 Å². The molecule has 0 radical (unpaired) electrons. The lowest BCUT2D eigenvalue weighted by Gasteiger charge is -2.35. The molecule has 3 amide bonds. The molecular formula is C32H40N6O5S. The molecule has 1 aromatic carbocycles. The highest BCUT2D eigenvalue weighted by molar-refractivity contribution is 7.07. The van der Waals surface area contributed by atoms with E-state index < -0.39 is 42.0 Å². The molecule has 0 bridgehead atoms. The third kappa shape index (κ3) is 8.48. The van der Waals surface area contributed by atoms with Gasteiger partial charge in [0.15, 0.2) is 0 Å². The Kier molecular flexibility index (Phi) is 11.2. The van der Waals surface area contributed by atoms with Crippen molar-refractivity contribution in [3.63, 3.8) is 0 Å². The minimum atomic E-state index is -0.963. The zero-order valence-corrected chi connectivity index (χ0v) is 26.5. The molecule has 1 aliphatic rings. The highest BCUT2D eigenvalue weighted by atomic mass is 32.1. The van der Waals surface area contributed by atoms with Gasteiger partial charge in [0.2, 0.25) is 11.8 Å². The Hall–Kier alpha value is -4.16. The molecule has 11 nitrogen and oxygen atoms in total. The molecule has 1 aliphatic heterocycles. The maximum Gasteiger partial charge on any atom is 0.325 e. The standard InChI is InChI=1S/C32H40N6O5S/c1-6-8-22-10-11-23-12-13-25(35-27(23)15-22)20(4)43-32(42)26-9-7-14-38(37-26)31(41)28(16-24-17-44-18-33-24)36-30(40)29(19(2)3)34-21(5)39/h6,8,10-13,15,17-20,26,28-29,37H,7,9,14,16H2,1-5H3,(H,34,39)(H,36,40)/b8-6+/t20-,26+,28+,29+/m1/s1. The molecule has 12 heteroatoms. The Labute approximate surface area is 261 Å². The van der Waals surface area contributed by atoms with Crippen molar-refractivity contribution < 1.29 is 23.9 Å². The second kappa shape index (κ2) is 15.0. The van der Waals surface area contributed by atoms with Crippen LogP contribution in [0.1, 0.15) is 70.5 Å². The van der Waals surface area contributed by atoms with E-state index in [9.17, 15) is 19.2 Å². The van der Waals surface area contributed by atoms with Crippen LogP contribution in [0.15, 0.2) is 47.3 Å². The minimum Gasteiger partial charge on any atom is -0.455 e. The van der Waals surface area contributed by atoms with E-state index in [4.69, 9.17) is 9.72 Å². The second-order valence-electron chi connectivity index (χ2n) is 11.2. The first-order valence-electron chi connectivity index (χ1n) is 14.8. The molecule has 234 valence electrons. The Morgan fingerprint density at radius 2 is 1.93 bits per heavy atom. The maximum absolute atomic E-state index is 13.8. The number of nitrogens with zero attached hydrogens (tertiary/aromatic N) is 3. The summed E-state index contributed by atoms with van der Waals surface area (Å²) >= 11 is 1.39. The number of hydrogen-bond acceptors (Lipinski definition) is 9. The van der Waals surface area contributed by atoms with Crippen molar-refractivity contribution in [3.8, 4) is 0 Å². The van der Waals surface area contributed by atoms with E-state index in [2.05, 4.69) is 21.0 Å². The van der Waals surface area contributed by atoms with Gasteiger partial charge in [0.05, 0.1) is 22.4 Å². The third-order valence-electron chi connectivity index (χ3n) is 7.36. The predicted octanol–water partition coefficient (Wildman–Crippen LogP) is 3.71. The molecule has 0 unspecified atom stereocenters. The fourth-order valence-corrected chi connectivity index (χ4v) is 5.63. The number of fused-ring (bicyclic) bond motifs is 1. The fourth-order valence-electron chi connectivity index (χ4n) is 5.06. The molecule has 0 spiro atoms. The minimum absolute atomic E-state index is 0.159. The van der Waals surface area contributed by atoms with Crippen LogP contribution in [-0.2, 0) is 30.3 Å². The van der Waals surface area contributed by atoms with Gasteiger partial charge in [0.25, 0.3) is 5.91 Å². The van der Waals surface area contributed by atoms with Crippen LogP contribution >= 0.6 is 11.3 Å². The summed E-state index contributed by atoms with van der Waals surface area (Å²) in [6, 6.07) is 7.28. The summed E-state index contributed by atoms with van der Waals surface area (Å²) in [5, 5.41) is 9.64. The summed E-state index contributed by atoms with van der Waals surface area (Å²) in [7, 11) is 0. The number of thiazole rings is 1. The lowest BCUT2D eigenvalue weighted by atomic mass is 10.0. The van der Waals surface area contributed by atoms with E-state index in [0.29, 0.717) is 30.8 Å². The SMILES string of the molecule is C/C=C/c1ccc2ccc([C@@H](C)OC(=O)[C@@H]3CCCN(C(=O)[C@H](Cc4cscn4)NC(=O)[C@@H](NC(C)=O)C(C)C)N3)nc2c1. The molecule has 1 fully saturated rings. The molecule has 4 rings (SSSR count). The van der Waals surface area contributed by atoms with E-state index in [1.165, 1.54) is 23.3 Å². The van der Waals surface area contributed by atoms with Crippen LogP contribution in [0.4, 0.5) is 0 Å². The molecule has 4 atom stereocenters. The summed E-state index contributed by atoms with van der Waals surface area (Å²) in [5.74, 6) is -1.91. The van der Waals surface area contributed by atoms with Gasteiger partial charge in [-0.3, -0.25) is 24.2 Å². The summed E-state index contributed by atoms with van der Waals surface area (Å²) in [5.41, 5.74) is 7.79. The van der Waals surface area contributed by atoms with E-state index in [0.717, 1.165) is 16.5 Å². The smallest absolute Gasteiger partial charge is 0.325 e. The largest absolute Gasteiger partial charge is 0.455 e. The van der Waals surface area contributed by atoms with Crippen LogP contribution in [0, 0.1) is 5.92 Å². The number of esters is 1. The highest BCUT2D eigenvalue weighted by Crippen LogP contribution is 2.22. The van der Waals surface area contributed by atoms with Gasteiger partial charge in [-0.05, 0) is 50.3 Å². The third-order valence-corrected chi connectivity index (χ3v) is 8.00. The number of carbonyl (C=O) groups excluding carboxylic acids is 4. The molecule has 0 aliphatic carbocycles. The number of allylic oxidation sites excluding steroid dienone is 1. The van der Waals surface area contributed by atoms with Crippen molar-refractivity contribution in [1.29, 1.82) is 0 Å². The highest BCUT2D eigenvalue weighted by Gasteiger charge is 2.35.